The molecule has 2 aromatic carbocycles. The number of nitrogens with zero attached hydrogens (tertiary/aromatic N) is 1. The number of nitrogens with two attached hydrogens (primary N) is 1. The Hall–Kier alpha value is -4.06. The largest absolute Gasteiger partial charge is 0.573 e. The second-order valence-corrected chi connectivity index (χ2v) is 7.74. The average Bonchev–Trinajstić information content (AvgIpc) is 2.78. The van der Waals surface area contributed by atoms with Crippen molar-refractivity contribution in [3.05, 3.63) is 69.8 Å². The summed E-state index contributed by atoms with van der Waals surface area (Å²) in [5.74, 6) is -4.11. The molecule has 3 rings (SSSR count). The molecule has 0 fully saturated rings. The topological polar surface area (TPSA) is 113 Å². The van der Waals surface area contributed by atoms with Gasteiger partial charge in [0.25, 0.3) is 11.8 Å². The molecular weight excluding hydrogens is 510 g/mol. The Morgan fingerprint density at radius 3 is 2.39 bits per heavy atom. The lowest BCUT2D eigenvalue weighted by atomic mass is 10.1. The van der Waals surface area contributed by atoms with Crippen LogP contribution < -0.4 is 25.3 Å². The van der Waals surface area contributed by atoms with E-state index in [1.807, 2.05) is 0 Å². The van der Waals surface area contributed by atoms with Crippen LogP contribution in [0.15, 0.2) is 36.5 Å². The van der Waals surface area contributed by atoms with Crippen LogP contribution in [0, 0.1) is 19.7 Å². The fourth-order valence-electron chi connectivity index (χ4n) is 3.01. The number of amides is 2. The Kier molecular flexibility index (Phi) is 7.58. The number of alkyl halides is 3. The number of pyridine rings is 1. The van der Waals surface area contributed by atoms with Crippen LogP contribution in [0.3, 0.4) is 0 Å². The molecule has 0 spiro atoms. The lowest BCUT2D eigenvalue weighted by Gasteiger charge is -2.17. The lowest BCUT2D eigenvalue weighted by Crippen LogP contribution is -2.19. The first-order valence-corrected chi connectivity index (χ1v) is 10.4. The van der Waals surface area contributed by atoms with Gasteiger partial charge < -0.3 is 25.3 Å². The van der Waals surface area contributed by atoms with Gasteiger partial charge in [-0.25, -0.2) is 4.39 Å². The highest BCUT2D eigenvalue weighted by molar-refractivity contribution is 6.31. The van der Waals surface area contributed by atoms with E-state index in [1.165, 1.54) is 32.4 Å². The number of methoxy groups -OCH3 is 1. The van der Waals surface area contributed by atoms with E-state index in [9.17, 15) is 22.8 Å². The van der Waals surface area contributed by atoms with Gasteiger partial charge in [-0.05, 0) is 37.6 Å². The van der Waals surface area contributed by atoms with Gasteiger partial charge in [0, 0.05) is 29.6 Å². The number of nitrogens with one attached hydrogen (secondary N) is 1. The number of carbonyl (C=O) groups is 2. The molecule has 3 N–H and O–H groups in total. The van der Waals surface area contributed by atoms with Gasteiger partial charge in [-0.1, -0.05) is 11.6 Å². The number of halogens is 5. The molecule has 0 unspecified atom stereocenters. The van der Waals surface area contributed by atoms with Gasteiger partial charge in [-0.3, -0.25) is 14.6 Å². The minimum atomic E-state index is -4.94. The maximum Gasteiger partial charge on any atom is 0.573 e. The van der Waals surface area contributed by atoms with Crippen molar-refractivity contribution in [3.63, 3.8) is 0 Å². The minimum absolute atomic E-state index is 0.0562. The van der Waals surface area contributed by atoms with Crippen LogP contribution in [-0.2, 0) is 0 Å². The molecule has 3 aromatic rings. The summed E-state index contributed by atoms with van der Waals surface area (Å²) in [7, 11) is 1.17. The fraction of sp³-hybridized carbons (Fsp3) is 0.174. The van der Waals surface area contributed by atoms with Crippen molar-refractivity contribution in [3.8, 4) is 23.0 Å². The molecule has 36 heavy (non-hydrogen) atoms. The Balaban J connectivity index is 2.03. The normalized spacial score (nSPS) is 11.1. The molecule has 0 aliphatic carbocycles. The number of hydrogen-bond acceptors (Lipinski definition) is 6. The molecule has 0 saturated carbocycles. The van der Waals surface area contributed by atoms with Crippen molar-refractivity contribution in [2.24, 2.45) is 5.73 Å². The number of ether oxygens (including phenoxy) is 3. The van der Waals surface area contributed by atoms with Crippen LogP contribution in [0.25, 0.3) is 0 Å². The van der Waals surface area contributed by atoms with E-state index in [0.717, 1.165) is 18.2 Å². The summed E-state index contributed by atoms with van der Waals surface area (Å²) in [4.78, 5) is 28.4. The molecule has 190 valence electrons. The van der Waals surface area contributed by atoms with E-state index in [1.54, 1.807) is 6.92 Å². The van der Waals surface area contributed by atoms with Gasteiger partial charge in [-0.15, -0.1) is 13.2 Å². The number of benzene rings is 2. The molecule has 0 radical (unpaired) electrons. The number of primary amides is 1. The Labute approximate surface area is 206 Å². The minimum Gasteiger partial charge on any atom is -0.493 e. The highest BCUT2D eigenvalue weighted by Crippen LogP contribution is 2.40. The Morgan fingerprint density at radius 2 is 1.78 bits per heavy atom. The van der Waals surface area contributed by atoms with Crippen LogP contribution in [-0.4, -0.2) is 30.3 Å². The second kappa shape index (κ2) is 10.3. The van der Waals surface area contributed by atoms with Gasteiger partial charge in [0.2, 0.25) is 0 Å². The van der Waals surface area contributed by atoms with Crippen LogP contribution in [0.1, 0.15) is 32.0 Å². The van der Waals surface area contributed by atoms with E-state index in [-0.39, 0.29) is 39.2 Å². The molecule has 1 heterocycles. The monoisotopic (exact) mass is 527 g/mol. The summed E-state index contributed by atoms with van der Waals surface area (Å²) in [6.45, 7) is 2.93. The second-order valence-electron chi connectivity index (χ2n) is 7.34. The fourth-order valence-corrected chi connectivity index (χ4v) is 3.20. The third-order valence-corrected chi connectivity index (χ3v) is 5.22. The highest BCUT2D eigenvalue weighted by Gasteiger charge is 2.31. The van der Waals surface area contributed by atoms with Crippen molar-refractivity contribution in [2.75, 3.05) is 12.4 Å². The van der Waals surface area contributed by atoms with Gasteiger partial charge >= 0.3 is 6.36 Å². The summed E-state index contributed by atoms with van der Waals surface area (Å²) in [5.41, 5.74) is 5.05. The smallest absolute Gasteiger partial charge is 0.493 e. The number of hydrogen-bond donors (Lipinski definition) is 2. The van der Waals surface area contributed by atoms with Crippen LogP contribution in [0.4, 0.5) is 23.2 Å². The lowest BCUT2D eigenvalue weighted by molar-refractivity contribution is -0.274. The van der Waals surface area contributed by atoms with E-state index in [4.69, 9.17) is 26.8 Å². The number of anilines is 1. The van der Waals surface area contributed by atoms with Gasteiger partial charge in [0.15, 0.2) is 11.5 Å². The molecule has 13 heteroatoms. The third-order valence-electron chi connectivity index (χ3n) is 4.83. The highest BCUT2D eigenvalue weighted by atomic mass is 35.5. The maximum absolute atomic E-state index is 15.2. The van der Waals surface area contributed by atoms with Gasteiger partial charge in [0.1, 0.15) is 28.6 Å². The zero-order valence-electron chi connectivity index (χ0n) is 18.9. The molecule has 0 saturated heterocycles. The van der Waals surface area contributed by atoms with Crippen molar-refractivity contribution in [2.45, 2.75) is 20.2 Å². The summed E-state index contributed by atoms with van der Waals surface area (Å²) in [6, 6.07) is 5.32. The van der Waals surface area contributed by atoms with Crippen molar-refractivity contribution < 1.29 is 41.4 Å². The quantitative estimate of drug-likeness (QED) is 0.390. The van der Waals surface area contributed by atoms with Crippen molar-refractivity contribution >= 4 is 29.1 Å². The number of aryl methyl sites for hydroxylation is 1. The summed E-state index contributed by atoms with van der Waals surface area (Å²) in [6.07, 6.45) is -3.64. The molecule has 0 aliphatic heterocycles. The summed E-state index contributed by atoms with van der Waals surface area (Å²) in [5, 5.41) is 2.40. The van der Waals surface area contributed by atoms with E-state index < -0.39 is 35.3 Å². The van der Waals surface area contributed by atoms with E-state index in [2.05, 4.69) is 15.0 Å². The predicted molar refractivity (Wildman–Crippen MR) is 121 cm³/mol. The molecule has 0 bridgehead atoms. The first kappa shape index (κ1) is 26.5. The SMILES string of the molecule is COc1cc(OC(F)(F)F)ccc1Oc1cc(Cl)c(C)c(F)c1C(=O)Nc1cc(C(N)=O)ncc1C. The standard InChI is InChI=1S/C23H18ClF4N3O5/c1-10-9-30-15(21(29)32)8-14(10)31-22(33)19-18(7-13(24)11(2)20(19)25)35-16-5-4-12(6-17(16)34-3)36-23(26,27)28/h4-9H,1-3H3,(H2,29,32)(H,30,31,33). The van der Waals surface area contributed by atoms with E-state index >= 15 is 4.39 Å². The maximum atomic E-state index is 15.2. The number of aromatic nitrogens is 1. The molecule has 8 nitrogen and oxygen atoms in total. The summed E-state index contributed by atoms with van der Waals surface area (Å²) < 4.78 is 67.4. The summed E-state index contributed by atoms with van der Waals surface area (Å²) >= 11 is 6.09. The first-order valence-electron chi connectivity index (χ1n) is 9.98. The average molecular weight is 528 g/mol. The molecule has 2 amide bonds. The molecule has 0 atom stereocenters. The Bertz CT molecular complexity index is 1350. The molecular formula is C23H18ClF4N3O5. The van der Waals surface area contributed by atoms with Gasteiger partial charge in [0.05, 0.1) is 12.1 Å². The van der Waals surface area contributed by atoms with Crippen molar-refractivity contribution in [1.82, 2.24) is 4.98 Å². The first-order chi connectivity index (χ1) is 16.8. The van der Waals surface area contributed by atoms with Crippen LogP contribution in [0.2, 0.25) is 5.02 Å². The number of rotatable bonds is 7. The third kappa shape index (κ3) is 5.95. The zero-order valence-corrected chi connectivity index (χ0v) is 19.7. The van der Waals surface area contributed by atoms with Crippen LogP contribution in [0.5, 0.6) is 23.0 Å². The predicted octanol–water partition coefficient (Wildman–Crippen LogP) is 5.54. The van der Waals surface area contributed by atoms with Gasteiger partial charge in [-0.2, -0.15) is 0 Å². The Morgan fingerprint density at radius 1 is 1.08 bits per heavy atom. The van der Waals surface area contributed by atoms with E-state index in [0.29, 0.717) is 5.56 Å². The molecule has 1 aromatic heterocycles. The molecule has 0 aliphatic rings. The van der Waals surface area contributed by atoms with Crippen molar-refractivity contribution in [1.29, 1.82) is 0 Å². The number of carbonyl (C=O) groups excluding carboxylic acids is 2. The zero-order chi connectivity index (χ0) is 26.8. The van der Waals surface area contributed by atoms with Crippen LogP contribution >= 0.6 is 11.6 Å².